The van der Waals surface area contributed by atoms with Crippen LogP contribution in [0.1, 0.15) is 16.1 Å². The van der Waals surface area contributed by atoms with Crippen LogP contribution in [-0.4, -0.2) is 20.5 Å². The van der Waals surface area contributed by atoms with Crippen LogP contribution < -0.4 is 5.32 Å². The van der Waals surface area contributed by atoms with Gasteiger partial charge in [0.25, 0.3) is 5.91 Å². The number of H-pyrrole nitrogens is 1. The molecule has 1 amide bonds. The zero-order valence-electron chi connectivity index (χ0n) is 9.90. The average molecular weight is 293 g/mol. The number of aromatic nitrogens is 3. The molecule has 2 heterocycles. The van der Waals surface area contributed by atoms with Crippen molar-refractivity contribution < 1.29 is 4.79 Å². The number of carbonyl (C=O) groups is 1. The predicted octanol–water partition coefficient (Wildman–Crippen LogP) is 3.23. The maximum Gasteiger partial charge on any atom is 0.277 e. The highest BCUT2D eigenvalue weighted by Crippen LogP contribution is 2.23. The van der Waals surface area contributed by atoms with E-state index in [0.29, 0.717) is 16.1 Å². The first-order valence-corrected chi connectivity index (χ1v) is 6.66. The highest BCUT2D eigenvalue weighted by atomic mass is 35.5. The monoisotopic (exact) mass is 292 g/mol. The highest BCUT2D eigenvalue weighted by molar-refractivity contribution is 7.10. The summed E-state index contributed by atoms with van der Waals surface area (Å²) in [5, 5.41) is 11.6. The summed E-state index contributed by atoms with van der Waals surface area (Å²) >= 11 is 7.18. The predicted molar refractivity (Wildman–Crippen MR) is 75.9 cm³/mol. The van der Waals surface area contributed by atoms with Gasteiger partial charge in [-0.15, -0.1) is 0 Å². The lowest BCUT2D eigenvalue weighted by molar-refractivity contribution is 0.102. The molecule has 19 heavy (non-hydrogen) atoms. The summed E-state index contributed by atoms with van der Waals surface area (Å²) in [6.07, 6.45) is 1.71. The Balaban J connectivity index is 1.98. The summed E-state index contributed by atoms with van der Waals surface area (Å²) in [6.45, 7) is 1.89. The fourth-order valence-corrected chi connectivity index (χ4v) is 2.56. The quantitative estimate of drug-likeness (QED) is 0.762. The molecule has 3 rings (SSSR count). The van der Waals surface area contributed by atoms with Crippen LogP contribution in [-0.2, 0) is 0 Å². The zero-order valence-corrected chi connectivity index (χ0v) is 11.5. The topological polar surface area (TPSA) is 70.7 Å². The van der Waals surface area contributed by atoms with Gasteiger partial charge in [0.1, 0.15) is 5.00 Å². The lowest BCUT2D eigenvalue weighted by Gasteiger charge is -2.01. The fourth-order valence-electron chi connectivity index (χ4n) is 1.73. The van der Waals surface area contributed by atoms with Crippen molar-refractivity contribution in [2.75, 3.05) is 5.32 Å². The van der Waals surface area contributed by atoms with Crippen LogP contribution >= 0.6 is 23.1 Å². The summed E-state index contributed by atoms with van der Waals surface area (Å²) in [5.41, 5.74) is 2.03. The number of amides is 1. The first-order chi connectivity index (χ1) is 9.15. The molecule has 5 nitrogen and oxygen atoms in total. The number of nitrogens with one attached hydrogen (secondary N) is 2. The molecule has 0 atom stereocenters. The van der Waals surface area contributed by atoms with Gasteiger partial charge in [-0.05, 0) is 36.7 Å². The Morgan fingerprint density at radius 1 is 1.47 bits per heavy atom. The molecule has 7 heteroatoms. The zero-order chi connectivity index (χ0) is 13.4. The molecule has 0 aliphatic carbocycles. The number of benzene rings is 1. The van der Waals surface area contributed by atoms with Gasteiger partial charge in [-0.25, -0.2) is 0 Å². The second-order valence-corrected chi connectivity index (χ2v) is 5.29. The Kier molecular flexibility index (Phi) is 2.96. The molecule has 2 aromatic heterocycles. The SMILES string of the molecule is Cc1cnsc1NC(=O)c1n[nH]c2ccc(Cl)cc12. The van der Waals surface area contributed by atoms with Crippen LogP contribution in [0.15, 0.2) is 24.4 Å². The summed E-state index contributed by atoms with van der Waals surface area (Å²) < 4.78 is 4.01. The number of anilines is 1. The van der Waals surface area contributed by atoms with E-state index in [4.69, 9.17) is 11.6 Å². The van der Waals surface area contributed by atoms with Crippen molar-refractivity contribution in [3.8, 4) is 0 Å². The van der Waals surface area contributed by atoms with Crippen LogP contribution in [0.3, 0.4) is 0 Å². The van der Waals surface area contributed by atoms with Gasteiger partial charge in [-0.1, -0.05) is 11.6 Å². The van der Waals surface area contributed by atoms with Crippen LogP contribution in [0, 0.1) is 6.92 Å². The van der Waals surface area contributed by atoms with E-state index in [-0.39, 0.29) is 5.91 Å². The van der Waals surface area contributed by atoms with Crippen LogP contribution in [0.5, 0.6) is 0 Å². The number of rotatable bonds is 2. The van der Waals surface area contributed by atoms with Gasteiger partial charge in [0.05, 0.1) is 5.52 Å². The minimum absolute atomic E-state index is 0.277. The molecule has 0 saturated carbocycles. The number of hydrogen-bond acceptors (Lipinski definition) is 4. The van der Waals surface area contributed by atoms with Gasteiger partial charge in [0.15, 0.2) is 5.69 Å². The number of halogens is 1. The maximum absolute atomic E-state index is 12.2. The minimum atomic E-state index is -0.277. The summed E-state index contributed by atoms with van der Waals surface area (Å²) in [4.78, 5) is 12.2. The largest absolute Gasteiger partial charge is 0.311 e. The van der Waals surface area contributed by atoms with Gasteiger partial charge in [-0.2, -0.15) is 9.47 Å². The molecule has 0 aliphatic heterocycles. The Bertz CT molecular complexity index is 764. The number of hydrogen-bond donors (Lipinski definition) is 2. The lowest BCUT2D eigenvalue weighted by atomic mass is 10.2. The molecular weight excluding hydrogens is 284 g/mol. The Hall–Kier alpha value is -1.92. The third-order valence-corrected chi connectivity index (χ3v) is 3.77. The van der Waals surface area contributed by atoms with Gasteiger partial charge in [0, 0.05) is 22.2 Å². The molecular formula is C12H9ClN4OS. The van der Waals surface area contributed by atoms with Crippen LogP contribution in [0.25, 0.3) is 10.9 Å². The molecule has 0 fully saturated rings. The van der Waals surface area contributed by atoms with E-state index in [9.17, 15) is 4.79 Å². The van der Waals surface area contributed by atoms with E-state index >= 15 is 0 Å². The van der Waals surface area contributed by atoms with E-state index in [1.54, 1.807) is 24.4 Å². The van der Waals surface area contributed by atoms with E-state index in [1.807, 2.05) is 6.92 Å². The first-order valence-electron chi connectivity index (χ1n) is 5.51. The number of aryl methyl sites for hydroxylation is 1. The number of aromatic amines is 1. The number of nitrogens with zero attached hydrogens (tertiary/aromatic N) is 2. The summed E-state index contributed by atoms with van der Waals surface area (Å²) in [5.74, 6) is -0.277. The molecule has 0 radical (unpaired) electrons. The molecule has 2 N–H and O–H groups in total. The average Bonchev–Trinajstić information content (AvgIpc) is 2.96. The number of carbonyl (C=O) groups excluding carboxylic acids is 1. The van der Waals surface area contributed by atoms with Crippen molar-refractivity contribution in [2.45, 2.75) is 6.92 Å². The van der Waals surface area contributed by atoms with Gasteiger partial charge >= 0.3 is 0 Å². The number of fused-ring (bicyclic) bond motifs is 1. The fraction of sp³-hybridized carbons (Fsp3) is 0.0833. The van der Waals surface area contributed by atoms with Crippen molar-refractivity contribution in [2.24, 2.45) is 0 Å². The molecule has 0 unspecified atom stereocenters. The first kappa shape index (κ1) is 12.1. The highest BCUT2D eigenvalue weighted by Gasteiger charge is 2.16. The summed E-state index contributed by atoms with van der Waals surface area (Å²) in [6, 6.07) is 5.26. The van der Waals surface area contributed by atoms with Crippen LogP contribution in [0.4, 0.5) is 5.00 Å². The van der Waals surface area contributed by atoms with E-state index < -0.39 is 0 Å². The van der Waals surface area contributed by atoms with Crippen molar-refractivity contribution in [3.05, 3.63) is 40.7 Å². The van der Waals surface area contributed by atoms with Crippen molar-refractivity contribution in [1.29, 1.82) is 0 Å². The van der Waals surface area contributed by atoms with Gasteiger partial charge < -0.3 is 5.32 Å². The third-order valence-electron chi connectivity index (χ3n) is 2.72. The minimum Gasteiger partial charge on any atom is -0.311 e. The molecule has 0 aliphatic rings. The van der Waals surface area contributed by atoms with E-state index in [2.05, 4.69) is 19.9 Å². The van der Waals surface area contributed by atoms with E-state index in [0.717, 1.165) is 16.1 Å². The Morgan fingerprint density at radius 2 is 2.32 bits per heavy atom. The van der Waals surface area contributed by atoms with Crippen molar-refractivity contribution in [3.63, 3.8) is 0 Å². The van der Waals surface area contributed by atoms with Gasteiger partial charge in [-0.3, -0.25) is 9.89 Å². The smallest absolute Gasteiger partial charge is 0.277 e. The molecule has 0 saturated heterocycles. The second-order valence-electron chi connectivity index (χ2n) is 4.05. The molecule has 0 bridgehead atoms. The Labute approximate surface area is 117 Å². The third kappa shape index (κ3) is 2.20. The standard InChI is InChI=1S/C12H9ClN4OS/c1-6-5-14-19-12(6)15-11(18)10-8-4-7(13)2-3-9(8)16-17-10/h2-5H,1H3,(H,15,18)(H,16,17). The molecule has 0 spiro atoms. The molecule has 3 aromatic rings. The van der Waals surface area contributed by atoms with Crippen LogP contribution in [0.2, 0.25) is 5.02 Å². The second kappa shape index (κ2) is 4.64. The van der Waals surface area contributed by atoms with Crippen molar-refractivity contribution >= 4 is 44.9 Å². The maximum atomic E-state index is 12.2. The normalized spacial score (nSPS) is 10.8. The van der Waals surface area contributed by atoms with E-state index in [1.165, 1.54) is 11.5 Å². The Morgan fingerprint density at radius 3 is 3.05 bits per heavy atom. The summed E-state index contributed by atoms with van der Waals surface area (Å²) in [7, 11) is 0. The molecule has 1 aromatic carbocycles. The lowest BCUT2D eigenvalue weighted by Crippen LogP contribution is -2.12. The van der Waals surface area contributed by atoms with Gasteiger partial charge in [0.2, 0.25) is 0 Å². The molecule has 96 valence electrons. The van der Waals surface area contributed by atoms with Crippen molar-refractivity contribution in [1.82, 2.24) is 14.6 Å².